The van der Waals surface area contributed by atoms with Crippen molar-refractivity contribution >= 4 is 29.2 Å². The van der Waals surface area contributed by atoms with Crippen molar-refractivity contribution in [1.29, 1.82) is 0 Å². The minimum Gasteiger partial charge on any atom is -0.481 e. The van der Waals surface area contributed by atoms with Crippen LogP contribution >= 0.6 is 0 Å². The molecule has 1 aliphatic heterocycles. The number of aliphatic carboxylic acids is 1. The second-order valence-corrected chi connectivity index (χ2v) is 11.2. The van der Waals surface area contributed by atoms with Crippen molar-refractivity contribution in [3.05, 3.63) is 77.5 Å². The van der Waals surface area contributed by atoms with Crippen molar-refractivity contribution in [1.82, 2.24) is 9.88 Å². The number of likely N-dealkylation sites (N-methyl/N-ethyl adjacent to an activating group) is 1. The Morgan fingerprint density at radius 1 is 0.870 bits per heavy atom. The molecule has 3 aromatic rings. The summed E-state index contributed by atoms with van der Waals surface area (Å²) in [6, 6.07) is 16.7. The molecule has 0 atom stereocenters. The molecule has 246 valence electrons. The summed E-state index contributed by atoms with van der Waals surface area (Å²) in [5, 5.41) is 11.6. The van der Waals surface area contributed by atoms with Gasteiger partial charge in [0.25, 0.3) is 11.8 Å². The van der Waals surface area contributed by atoms with E-state index in [0.29, 0.717) is 56.4 Å². The number of carbonyl (C=O) groups excluding carboxylic acids is 2. The van der Waals surface area contributed by atoms with Gasteiger partial charge in [-0.05, 0) is 80.3 Å². The predicted octanol–water partition coefficient (Wildman–Crippen LogP) is 4.90. The van der Waals surface area contributed by atoms with Crippen LogP contribution in [0.1, 0.15) is 52.0 Å². The quantitative estimate of drug-likeness (QED) is 0.200. The summed E-state index contributed by atoms with van der Waals surface area (Å²) >= 11 is 0. The zero-order valence-corrected chi connectivity index (χ0v) is 26.7. The SMILES string of the molecule is Cc1ccnc(-c2cc(N3CCCCC3)ccc2NC(=O)c2cccc(C(=O)N(C)CCOCCOCCOCCC(=O)O)c2)c1. The third kappa shape index (κ3) is 10.6. The molecule has 46 heavy (non-hydrogen) atoms. The van der Waals surface area contributed by atoms with Gasteiger partial charge in [-0.1, -0.05) is 6.07 Å². The lowest BCUT2D eigenvalue weighted by molar-refractivity contribution is -0.138. The fourth-order valence-electron chi connectivity index (χ4n) is 5.10. The number of amides is 2. The predicted molar refractivity (Wildman–Crippen MR) is 177 cm³/mol. The van der Waals surface area contributed by atoms with Crippen LogP contribution in [0.15, 0.2) is 60.8 Å². The number of piperidine rings is 1. The maximum absolute atomic E-state index is 13.5. The van der Waals surface area contributed by atoms with Crippen molar-refractivity contribution in [2.45, 2.75) is 32.6 Å². The molecule has 2 aromatic carbocycles. The fraction of sp³-hybridized carbons (Fsp3) is 0.429. The fourth-order valence-corrected chi connectivity index (χ4v) is 5.10. The average molecular weight is 633 g/mol. The maximum Gasteiger partial charge on any atom is 0.305 e. The van der Waals surface area contributed by atoms with Crippen molar-refractivity contribution in [3.63, 3.8) is 0 Å². The number of carboxylic acid groups (broad SMARTS) is 1. The number of hydrogen-bond acceptors (Lipinski definition) is 8. The first-order valence-electron chi connectivity index (χ1n) is 15.8. The summed E-state index contributed by atoms with van der Waals surface area (Å²) in [6.07, 6.45) is 5.32. The van der Waals surface area contributed by atoms with Crippen LogP contribution in [-0.2, 0) is 19.0 Å². The Kier molecular flexibility index (Phi) is 13.5. The van der Waals surface area contributed by atoms with Crippen molar-refractivity contribution in [3.8, 4) is 11.3 Å². The van der Waals surface area contributed by atoms with Crippen molar-refractivity contribution in [2.24, 2.45) is 0 Å². The molecule has 11 heteroatoms. The van der Waals surface area contributed by atoms with E-state index in [2.05, 4.69) is 21.3 Å². The highest BCUT2D eigenvalue weighted by Gasteiger charge is 2.18. The second kappa shape index (κ2) is 18.0. The van der Waals surface area contributed by atoms with Gasteiger partial charge in [0.2, 0.25) is 0 Å². The number of pyridine rings is 1. The maximum atomic E-state index is 13.5. The zero-order valence-electron chi connectivity index (χ0n) is 26.7. The number of nitrogens with zero attached hydrogens (tertiary/aromatic N) is 3. The summed E-state index contributed by atoms with van der Waals surface area (Å²) in [6.45, 7) is 6.26. The van der Waals surface area contributed by atoms with E-state index in [1.807, 2.05) is 31.2 Å². The van der Waals surface area contributed by atoms with Crippen LogP contribution in [0.25, 0.3) is 11.3 Å². The lowest BCUT2D eigenvalue weighted by Crippen LogP contribution is -2.30. The molecule has 11 nitrogen and oxygen atoms in total. The first kappa shape index (κ1) is 34.6. The van der Waals surface area contributed by atoms with Gasteiger partial charge in [0.05, 0.1) is 57.4 Å². The van der Waals surface area contributed by atoms with Gasteiger partial charge in [0.1, 0.15) is 0 Å². The lowest BCUT2D eigenvalue weighted by atomic mass is 10.0. The molecule has 1 saturated heterocycles. The Balaban J connectivity index is 1.31. The van der Waals surface area contributed by atoms with Crippen LogP contribution in [0.3, 0.4) is 0 Å². The largest absolute Gasteiger partial charge is 0.481 e. The minimum absolute atomic E-state index is 0.0342. The number of hydrogen-bond donors (Lipinski definition) is 2. The number of aromatic nitrogens is 1. The molecular formula is C35H44N4O7. The molecule has 0 aliphatic carbocycles. The second-order valence-electron chi connectivity index (χ2n) is 11.2. The lowest BCUT2D eigenvalue weighted by Gasteiger charge is -2.29. The highest BCUT2D eigenvalue weighted by atomic mass is 16.5. The zero-order chi connectivity index (χ0) is 32.7. The van der Waals surface area contributed by atoms with Gasteiger partial charge in [-0.3, -0.25) is 19.4 Å². The van der Waals surface area contributed by atoms with Gasteiger partial charge in [-0.25, -0.2) is 0 Å². The molecule has 1 aromatic heterocycles. The Morgan fingerprint density at radius 3 is 2.28 bits per heavy atom. The van der Waals surface area contributed by atoms with E-state index in [1.165, 1.54) is 19.3 Å². The topological polar surface area (TPSA) is 131 Å². The van der Waals surface area contributed by atoms with E-state index in [-0.39, 0.29) is 24.8 Å². The normalized spacial score (nSPS) is 13.0. The number of rotatable bonds is 17. The molecule has 2 amide bonds. The molecule has 0 unspecified atom stereocenters. The summed E-state index contributed by atoms with van der Waals surface area (Å²) in [5.74, 6) is -1.43. The molecule has 2 N–H and O–H groups in total. The van der Waals surface area contributed by atoms with E-state index in [9.17, 15) is 14.4 Å². The number of nitrogens with one attached hydrogen (secondary N) is 1. The molecule has 0 bridgehead atoms. The van der Waals surface area contributed by atoms with E-state index >= 15 is 0 Å². The summed E-state index contributed by atoms with van der Waals surface area (Å²) in [7, 11) is 1.69. The molecule has 2 heterocycles. The van der Waals surface area contributed by atoms with E-state index < -0.39 is 5.97 Å². The van der Waals surface area contributed by atoms with Crippen molar-refractivity contribution < 1.29 is 33.7 Å². The number of carboxylic acids is 1. The molecule has 0 spiro atoms. The molecule has 1 aliphatic rings. The molecular weight excluding hydrogens is 588 g/mol. The number of carbonyl (C=O) groups is 3. The number of anilines is 2. The first-order chi connectivity index (χ1) is 22.3. The number of aryl methyl sites for hydroxylation is 1. The van der Waals surface area contributed by atoms with Gasteiger partial charge in [-0.15, -0.1) is 0 Å². The van der Waals surface area contributed by atoms with Crippen LogP contribution in [0, 0.1) is 6.92 Å². The van der Waals surface area contributed by atoms with Crippen molar-refractivity contribution in [2.75, 3.05) is 76.5 Å². The molecule has 0 saturated carbocycles. The minimum atomic E-state index is -0.897. The first-order valence-corrected chi connectivity index (χ1v) is 15.8. The van der Waals surface area contributed by atoms with E-state index in [0.717, 1.165) is 35.6 Å². The standard InChI is InChI=1S/C35H44N4O7/c1-26-11-13-36-32(23-26)30-25-29(39-14-4-3-5-15-39)9-10-31(30)37-34(42)27-7-6-8-28(24-27)35(43)38(2)16-18-45-20-22-46-21-19-44-17-12-33(40)41/h6-11,13,23-25H,3-5,12,14-22H2,1-2H3,(H,37,42)(H,40,41). The highest BCUT2D eigenvalue weighted by molar-refractivity contribution is 6.08. The summed E-state index contributed by atoms with van der Waals surface area (Å²) < 4.78 is 16.1. The smallest absolute Gasteiger partial charge is 0.305 e. The molecule has 1 fully saturated rings. The van der Waals surface area contributed by atoms with Crippen LogP contribution in [0.2, 0.25) is 0 Å². The van der Waals surface area contributed by atoms with Gasteiger partial charge >= 0.3 is 5.97 Å². The Morgan fingerprint density at radius 2 is 1.57 bits per heavy atom. The van der Waals surface area contributed by atoms with E-state index in [1.54, 1.807) is 42.4 Å². The summed E-state index contributed by atoms with van der Waals surface area (Å²) in [5.41, 5.74) is 5.27. The third-order valence-corrected chi connectivity index (χ3v) is 7.66. The number of benzene rings is 2. The summed E-state index contributed by atoms with van der Waals surface area (Å²) in [4.78, 5) is 45.6. The van der Waals surface area contributed by atoms with Gasteiger partial charge in [-0.2, -0.15) is 0 Å². The van der Waals surface area contributed by atoms with E-state index in [4.69, 9.17) is 19.3 Å². The Labute approximate surface area is 270 Å². The molecule has 0 radical (unpaired) electrons. The van der Waals surface area contributed by atoms with Gasteiger partial charge in [0.15, 0.2) is 0 Å². The molecule has 4 rings (SSSR count). The highest BCUT2D eigenvalue weighted by Crippen LogP contribution is 2.33. The Bertz CT molecular complexity index is 1460. The monoisotopic (exact) mass is 632 g/mol. The van der Waals surface area contributed by atoms with Crippen LogP contribution in [0.4, 0.5) is 11.4 Å². The Hall–Kier alpha value is -4.32. The van der Waals surface area contributed by atoms with Crippen LogP contribution in [-0.4, -0.2) is 99.1 Å². The van der Waals surface area contributed by atoms with Gasteiger partial charge < -0.3 is 34.4 Å². The van der Waals surface area contributed by atoms with Crippen LogP contribution in [0.5, 0.6) is 0 Å². The average Bonchev–Trinajstić information content (AvgIpc) is 3.07. The van der Waals surface area contributed by atoms with Crippen LogP contribution < -0.4 is 10.2 Å². The number of ether oxygens (including phenoxy) is 3. The van der Waals surface area contributed by atoms with Gasteiger partial charge in [0, 0.05) is 55.3 Å². The third-order valence-electron chi connectivity index (χ3n) is 7.66.